The highest BCUT2D eigenvalue weighted by atomic mass is 19.4. The molecule has 0 spiro atoms. The molecule has 2 aromatic rings. The van der Waals surface area contributed by atoms with Gasteiger partial charge >= 0.3 is 6.18 Å². The second kappa shape index (κ2) is 8.88. The van der Waals surface area contributed by atoms with Gasteiger partial charge in [-0.05, 0) is 19.8 Å². The first-order valence-electron chi connectivity index (χ1n) is 10.8. The maximum absolute atomic E-state index is 12.7. The Hall–Kier alpha value is -3.36. The Balaban J connectivity index is 1.64. The van der Waals surface area contributed by atoms with Crippen LogP contribution < -0.4 is 10.2 Å². The zero-order valence-electron chi connectivity index (χ0n) is 18.4. The lowest BCUT2D eigenvalue weighted by Crippen LogP contribution is -2.55. The van der Waals surface area contributed by atoms with Gasteiger partial charge in [-0.2, -0.15) is 23.5 Å². The summed E-state index contributed by atoms with van der Waals surface area (Å²) >= 11 is 0. The van der Waals surface area contributed by atoms with E-state index in [0.29, 0.717) is 31.0 Å². The molecule has 0 aromatic carbocycles. The van der Waals surface area contributed by atoms with Gasteiger partial charge in [0.25, 0.3) is 0 Å². The largest absolute Gasteiger partial charge is 0.390 e. The number of halogens is 3. The Morgan fingerprint density at radius 1 is 1.30 bits per heavy atom. The number of amides is 1. The van der Waals surface area contributed by atoms with Crippen LogP contribution in [0, 0.1) is 17.2 Å². The molecule has 176 valence electrons. The summed E-state index contributed by atoms with van der Waals surface area (Å²) in [6.07, 6.45) is -0.283. The number of hydrogen-bond donors (Lipinski definition) is 1. The third-order valence-corrected chi connectivity index (χ3v) is 5.80. The highest BCUT2D eigenvalue weighted by Crippen LogP contribution is 2.34. The number of alkyl halides is 3. The smallest absolute Gasteiger partial charge is 0.368 e. The molecule has 0 radical (unpaired) electrons. The van der Waals surface area contributed by atoms with Crippen molar-refractivity contribution in [3.63, 3.8) is 0 Å². The molecule has 1 atom stereocenters. The minimum absolute atomic E-state index is 0.0507. The minimum atomic E-state index is -4.33. The SMILES string of the molecule is C[C@@H]1CN(c2nc(-c3cnn(C)c3)nc(NCCC(F)(F)F)c2C#N)CCN1C(=O)C1CC1. The molecule has 12 heteroatoms. The van der Waals surface area contributed by atoms with Gasteiger partial charge in [0.2, 0.25) is 5.91 Å². The lowest BCUT2D eigenvalue weighted by molar-refractivity contribution is -0.135. The van der Waals surface area contributed by atoms with E-state index in [1.165, 1.54) is 0 Å². The Labute approximate surface area is 189 Å². The van der Waals surface area contributed by atoms with Gasteiger partial charge in [-0.3, -0.25) is 9.48 Å². The summed E-state index contributed by atoms with van der Waals surface area (Å²) in [7, 11) is 1.73. The van der Waals surface area contributed by atoms with E-state index in [9.17, 15) is 23.2 Å². The average Bonchev–Trinajstić information content (AvgIpc) is 3.52. The van der Waals surface area contributed by atoms with Gasteiger partial charge in [0.05, 0.1) is 18.2 Å². The summed E-state index contributed by atoms with van der Waals surface area (Å²) < 4.78 is 39.6. The first kappa shape index (κ1) is 22.8. The first-order valence-corrected chi connectivity index (χ1v) is 10.8. The predicted octanol–water partition coefficient (Wildman–Crippen LogP) is 2.56. The highest BCUT2D eigenvalue weighted by molar-refractivity contribution is 5.81. The Morgan fingerprint density at radius 2 is 2.06 bits per heavy atom. The molecule has 2 aliphatic rings. The molecule has 4 rings (SSSR count). The molecular formula is C21H25F3N8O. The van der Waals surface area contributed by atoms with Crippen molar-refractivity contribution < 1.29 is 18.0 Å². The van der Waals surface area contributed by atoms with Gasteiger partial charge in [0.15, 0.2) is 11.6 Å². The number of nitriles is 1. The molecule has 9 nitrogen and oxygen atoms in total. The number of carbonyl (C=O) groups is 1. The molecule has 1 aliphatic heterocycles. The third-order valence-electron chi connectivity index (χ3n) is 5.80. The topological polar surface area (TPSA) is 103 Å². The quantitative estimate of drug-likeness (QED) is 0.704. The normalized spacial score (nSPS) is 18.8. The van der Waals surface area contributed by atoms with Crippen molar-refractivity contribution in [3.05, 3.63) is 18.0 Å². The molecule has 1 aliphatic carbocycles. The molecule has 3 heterocycles. The van der Waals surface area contributed by atoms with Crippen LogP contribution in [0.2, 0.25) is 0 Å². The van der Waals surface area contributed by atoms with Crippen LogP contribution >= 0.6 is 0 Å². The molecule has 1 saturated heterocycles. The fourth-order valence-corrected chi connectivity index (χ4v) is 3.94. The van der Waals surface area contributed by atoms with Crippen LogP contribution in [0.15, 0.2) is 12.4 Å². The van der Waals surface area contributed by atoms with Crippen LogP contribution in [0.25, 0.3) is 11.4 Å². The van der Waals surface area contributed by atoms with E-state index < -0.39 is 19.1 Å². The monoisotopic (exact) mass is 462 g/mol. The van der Waals surface area contributed by atoms with E-state index >= 15 is 0 Å². The standard InChI is InChI=1S/C21H25F3N8O/c1-13-11-31(7-8-32(13)20(33)14-3-4-14)19-16(9-25)18(26-6-5-21(22,23)24)28-17(29-19)15-10-27-30(2)12-15/h10,12-14H,3-8,11H2,1-2H3,(H,26,28,29)/t13-/m1/s1. The van der Waals surface area contributed by atoms with Gasteiger partial charge < -0.3 is 15.1 Å². The number of aryl methyl sites for hydroxylation is 1. The number of nitrogens with one attached hydrogen (secondary N) is 1. The van der Waals surface area contributed by atoms with Crippen molar-refractivity contribution in [2.24, 2.45) is 13.0 Å². The molecule has 1 N–H and O–H groups in total. The summed E-state index contributed by atoms with van der Waals surface area (Å²) in [5, 5.41) is 16.6. The van der Waals surface area contributed by atoms with Crippen molar-refractivity contribution in [1.29, 1.82) is 5.26 Å². The molecule has 2 aromatic heterocycles. The number of piperazine rings is 1. The first-order chi connectivity index (χ1) is 15.7. The summed E-state index contributed by atoms with van der Waals surface area (Å²) in [5.74, 6) is 0.932. The van der Waals surface area contributed by atoms with E-state index in [4.69, 9.17) is 0 Å². The van der Waals surface area contributed by atoms with Crippen LogP contribution in [-0.2, 0) is 11.8 Å². The number of aromatic nitrogens is 4. The molecular weight excluding hydrogens is 437 g/mol. The minimum Gasteiger partial charge on any atom is -0.368 e. The fourth-order valence-electron chi connectivity index (χ4n) is 3.94. The van der Waals surface area contributed by atoms with Crippen LogP contribution in [0.1, 0.15) is 31.7 Å². The van der Waals surface area contributed by atoms with Crippen LogP contribution in [0.3, 0.4) is 0 Å². The van der Waals surface area contributed by atoms with Gasteiger partial charge in [-0.25, -0.2) is 9.97 Å². The average molecular weight is 462 g/mol. The summed E-state index contributed by atoms with van der Waals surface area (Å²) in [5.41, 5.74) is 0.664. The third kappa shape index (κ3) is 5.18. The molecule has 0 unspecified atom stereocenters. The van der Waals surface area contributed by atoms with Gasteiger partial charge in [-0.15, -0.1) is 0 Å². The van der Waals surface area contributed by atoms with E-state index in [0.717, 1.165) is 12.8 Å². The maximum atomic E-state index is 12.7. The second-order valence-corrected chi connectivity index (χ2v) is 8.50. The molecule has 33 heavy (non-hydrogen) atoms. The lowest BCUT2D eigenvalue weighted by atomic mass is 10.1. The van der Waals surface area contributed by atoms with Crippen molar-refractivity contribution >= 4 is 17.5 Å². The number of anilines is 2. The van der Waals surface area contributed by atoms with E-state index in [-0.39, 0.29) is 35.1 Å². The zero-order chi connectivity index (χ0) is 23.8. The van der Waals surface area contributed by atoms with Gasteiger partial charge in [0, 0.05) is 51.4 Å². The maximum Gasteiger partial charge on any atom is 0.390 e. The van der Waals surface area contributed by atoms with Crippen molar-refractivity contribution in [2.45, 2.75) is 38.4 Å². The molecule has 1 saturated carbocycles. The zero-order valence-corrected chi connectivity index (χ0v) is 18.4. The van der Waals surface area contributed by atoms with E-state index in [1.807, 2.05) is 16.7 Å². The van der Waals surface area contributed by atoms with E-state index in [1.54, 1.807) is 24.1 Å². The summed E-state index contributed by atoms with van der Waals surface area (Å²) in [6, 6.07) is 1.97. The van der Waals surface area contributed by atoms with Crippen molar-refractivity contribution in [1.82, 2.24) is 24.6 Å². The Bertz CT molecular complexity index is 1070. The second-order valence-electron chi connectivity index (χ2n) is 8.50. The van der Waals surface area contributed by atoms with E-state index in [2.05, 4.69) is 26.5 Å². The van der Waals surface area contributed by atoms with Crippen molar-refractivity contribution in [2.75, 3.05) is 36.4 Å². The van der Waals surface area contributed by atoms with Crippen LogP contribution in [0.4, 0.5) is 24.8 Å². The lowest BCUT2D eigenvalue weighted by Gasteiger charge is -2.41. The predicted molar refractivity (Wildman–Crippen MR) is 114 cm³/mol. The number of rotatable bonds is 6. The highest BCUT2D eigenvalue weighted by Gasteiger charge is 2.38. The molecule has 1 amide bonds. The van der Waals surface area contributed by atoms with Crippen LogP contribution in [0.5, 0.6) is 0 Å². The fraction of sp³-hybridized carbons (Fsp3) is 0.571. The summed E-state index contributed by atoms with van der Waals surface area (Å²) in [4.78, 5) is 25.2. The Morgan fingerprint density at radius 3 is 2.64 bits per heavy atom. The molecule has 2 fully saturated rings. The van der Waals surface area contributed by atoms with Crippen molar-refractivity contribution in [3.8, 4) is 17.5 Å². The number of carbonyl (C=O) groups excluding carboxylic acids is 1. The Kier molecular flexibility index (Phi) is 6.14. The molecule has 0 bridgehead atoms. The van der Waals surface area contributed by atoms with Gasteiger partial charge in [0.1, 0.15) is 17.5 Å². The summed E-state index contributed by atoms with van der Waals surface area (Å²) in [6.45, 7) is 2.94. The number of hydrogen-bond acceptors (Lipinski definition) is 7. The van der Waals surface area contributed by atoms with Gasteiger partial charge in [-0.1, -0.05) is 0 Å². The number of nitrogens with zero attached hydrogens (tertiary/aromatic N) is 7. The van der Waals surface area contributed by atoms with Crippen LogP contribution in [-0.4, -0.2) is 69.0 Å².